The van der Waals surface area contributed by atoms with E-state index in [-0.39, 0.29) is 23.7 Å². The quantitative estimate of drug-likeness (QED) is 0.810. The smallest absolute Gasteiger partial charge is 0.230 e. The summed E-state index contributed by atoms with van der Waals surface area (Å²) in [4.78, 5) is 23.0. The van der Waals surface area contributed by atoms with Gasteiger partial charge in [-0.05, 0) is 23.8 Å². The summed E-state index contributed by atoms with van der Waals surface area (Å²) in [6.45, 7) is 1.82. The van der Waals surface area contributed by atoms with Crippen LogP contribution in [0.2, 0.25) is 5.02 Å². The molecule has 1 saturated heterocycles. The molecule has 17 heavy (non-hydrogen) atoms. The second kappa shape index (κ2) is 4.78. The third-order valence-corrected chi connectivity index (χ3v) is 4.00. The first-order chi connectivity index (χ1) is 7.99. The molecule has 0 aromatic heterocycles. The van der Waals surface area contributed by atoms with Gasteiger partial charge in [0.25, 0.3) is 0 Å². The molecule has 0 aliphatic carbocycles. The topological polar surface area (TPSA) is 46.2 Å². The summed E-state index contributed by atoms with van der Waals surface area (Å²) in [6, 6.07) is 5.41. The van der Waals surface area contributed by atoms with Crippen molar-refractivity contribution >= 4 is 39.3 Å². The first-order valence-corrected chi connectivity index (χ1v) is 6.45. The number of piperidine rings is 1. The zero-order valence-electron chi connectivity index (χ0n) is 9.17. The van der Waals surface area contributed by atoms with Crippen LogP contribution in [0.5, 0.6) is 0 Å². The largest absolute Gasteiger partial charge is 0.296 e. The van der Waals surface area contributed by atoms with Gasteiger partial charge in [0.2, 0.25) is 11.8 Å². The number of rotatable bonds is 1. The highest BCUT2D eigenvalue weighted by atomic mass is 79.9. The van der Waals surface area contributed by atoms with Gasteiger partial charge in [0.15, 0.2) is 0 Å². The van der Waals surface area contributed by atoms with Crippen molar-refractivity contribution in [2.45, 2.75) is 19.3 Å². The van der Waals surface area contributed by atoms with E-state index in [0.717, 1.165) is 10.0 Å². The number of imide groups is 1. The Morgan fingerprint density at radius 3 is 2.82 bits per heavy atom. The van der Waals surface area contributed by atoms with Crippen molar-refractivity contribution in [3.63, 3.8) is 0 Å². The zero-order chi connectivity index (χ0) is 12.6. The van der Waals surface area contributed by atoms with Crippen LogP contribution in [0.4, 0.5) is 0 Å². The zero-order valence-corrected chi connectivity index (χ0v) is 11.5. The first-order valence-electron chi connectivity index (χ1n) is 5.27. The molecule has 0 saturated carbocycles. The fraction of sp³-hybridized carbons (Fsp3) is 0.333. The molecule has 1 aliphatic heterocycles. The van der Waals surface area contributed by atoms with Gasteiger partial charge in [-0.1, -0.05) is 34.5 Å². The van der Waals surface area contributed by atoms with E-state index >= 15 is 0 Å². The monoisotopic (exact) mass is 315 g/mol. The van der Waals surface area contributed by atoms with Crippen LogP contribution in [0.15, 0.2) is 22.7 Å². The maximum Gasteiger partial charge on any atom is 0.230 e. The summed E-state index contributed by atoms with van der Waals surface area (Å²) in [5.41, 5.74) is 0.910. The molecule has 0 spiro atoms. The minimum Gasteiger partial charge on any atom is -0.296 e. The Bertz CT molecular complexity index is 489. The third kappa shape index (κ3) is 2.53. The van der Waals surface area contributed by atoms with E-state index in [2.05, 4.69) is 21.2 Å². The number of benzene rings is 1. The molecular formula is C12H11BrClNO2. The van der Waals surface area contributed by atoms with Gasteiger partial charge in [-0.25, -0.2) is 0 Å². The lowest BCUT2D eigenvalue weighted by Crippen LogP contribution is -2.43. The maximum absolute atomic E-state index is 11.6. The van der Waals surface area contributed by atoms with E-state index in [1.54, 1.807) is 12.1 Å². The minimum absolute atomic E-state index is 0.121. The van der Waals surface area contributed by atoms with E-state index < -0.39 is 0 Å². The standard InChI is InChI=1S/C12H11BrClNO2/c1-6-8(5-11(16)15-12(6)17)9-4-7(14)2-3-10(9)13/h2-4,6,8H,5H2,1H3,(H,15,16,17). The van der Waals surface area contributed by atoms with Crippen molar-refractivity contribution in [2.24, 2.45) is 5.92 Å². The molecule has 90 valence electrons. The lowest BCUT2D eigenvalue weighted by atomic mass is 9.81. The second-order valence-electron chi connectivity index (χ2n) is 4.18. The highest BCUT2D eigenvalue weighted by molar-refractivity contribution is 9.10. The first kappa shape index (κ1) is 12.6. The molecule has 2 amide bonds. The van der Waals surface area contributed by atoms with Crippen molar-refractivity contribution in [2.75, 3.05) is 0 Å². The number of amides is 2. The van der Waals surface area contributed by atoms with E-state index in [1.807, 2.05) is 13.0 Å². The average Bonchev–Trinajstić information content (AvgIpc) is 2.27. The molecule has 0 radical (unpaired) electrons. The number of carbonyl (C=O) groups is 2. The molecule has 3 nitrogen and oxygen atoms in total. The number of nitrogens with one attached hydrogen (secondary N) is 1. The molecule has 1 aromatic rings. The Balaban J connectivity index is 2.40. The number of carbonyl (C=O) groups excluding carboxylic acids is 2. The minimum atomic E-state index is -0.234. The summed E-state index contributed by atoms with van der Waals surface area (Å²) < 4.78 is 0.876. The van der Waals surface area contributed by atoms with E-state index in [4.69, 9.17) is 11.6 Å². The summed E-state index contributed by atoms with van der Waals surface area (Å²) in [6.07, 6.45) is 0.311. The molecule has 1 fully saturated rings. The molecule has 2 atom stereocenters. The van der Waals surface area contributed by atoms with Crippen LogP contribution in [0, 0.1) is 5.92 Å². The van der Waals surface area contributed by atoms with Gasteiger partial charge in [-0.3, -0.25) is 14.9 Å². The van der Waals surface area contributed by atoms with Crippen molar-refractivity contribution in [3.05, 3.63) is 33.3 Å². The molecule has 1 aromatic carbocycles. The fourth-order valence-electron chi connectivity index (χ4n) is 2.04. The molecule has 1 heterocycles. The molecule has 1 aliphatic rings. The number of halogens is 2. The fourth-order valence-corrected chi connectivity index (χ4v) is 2.76. The van der Waals surface area contributed by atoms with Gasteiger partial charge < -0.3 is 0 Å². The van der Waals surface area contributed by atoms with E-state index in [9.17, 15) is 9.59 Å². The van der Waals surface area contributed by atoms with E-state index in [1.165, 1.54) is 0 Å². The van der Waals surface area contributed by atoms with Crippen LogP contribution in [0.3, 0.4) is 0 Å². The summed E-state index contributed by atoms with van der Waals surface area (Å²) in [5.74, 6) is -0.810. The Morgan fingerprint density at radius 2 is 2.12 bits per heavy atom. The van der Waals surface area contributed by atoms with Crippen LogP contribution in [0.25, 0.3) is 0 Å². The van der Waals surface area contributed by atoms with Gasteiger partial charge in [-0.15, -0.1) is 0 Å². The van der Waals surface area contributed by atoms with Crippen molar-refractivity contribution in [3.8, 4) is 0 Å². The second-order valence-corrected chi connectivity index (χ2v) is 5.47. The lowest BCUT2D eigenvalue weighted by Gasteiger charge is -2.28. The van der Waals surface area contributed by atoms with Crippen LogP contribution < -0.4 is 5.32 Å². The molecule has 2 rings (SSSR count). The summed E-state index contributed by atoms with van der Waals surface area (Å²) in [5, 5.41) is 2.94. The van der Waals surface area contributed by atoms with Crippen molar-refractivity contribution in [1.82, 2.24) is 5.32 Å². The summed E-state index contributed by atoms with van der Waals surface area (Å²) >= 11 is 9.38. The predicted octanol–water partition coefficient (Wildman–Crippen LogP) is 2.87. The Labute approximate surface area is 113 Å². The van der Waals surface area contributed by atoms with E-state index in [0.29, 0.717) is 11.4 Å². The van der Waals surface area contributed by atoms with Crippen LogP contribution in [-0.2, 0) is 9.59 Å². The van der Waals surface area contributed by atoms with Gasteiger partial charge in [-0.2, -0.15) is 0 Å². The SMILES string of the molecule is CC1C(=O)NC(=O)CC1c1cc(Cl)ccc1Br. The normalized spacial score (nSPS) is 24.6. The molecule has 1 N–H and O–H groups in total. The van der Waals surface area contributed by atoms with Gasteiger partial charge >= 0.3 is 0 Å². The predicted molar refractivity (Wildman–Crippen MR) is 68.8 cm³/mol. The molecular weight excluding hydrogens is 305 g/mol. The number of hydrogen-bond donors (Lipinski definition) is 1. The average molecular weight is 317 g/mol. The van der Waals surface area contributed by atoms with Crippen molar-refractivity contribution < 1.29 is 9.59 Å². The van der Waals surface area contributed by atoms with Crippen LogP contribution >= 0.6 is 27.5 Å². The van der Waals surface area contributed by atoms with Gasteiger partial charge in [0, 0.05) is 27.8 Å². The lowest BCUT2D eigenvalue weighted by molar-refractivity contribution is -0.136. The van der Waals surface area contributed by atoms with Crippen LogP contribution in [0.1, 0.15) is 24.8 Å². The van der Waals surface area contributed by atoms with Crippen LogP contribution in [-0.4, -0.2) is 11.8 Å². The molecule has 0 bridgehead atoms. The van der Waals surface area contributed by atoms with Gasteiger partial charge in [0.1, 0.15) is 0 Å². The Morgan fingerprint density at radius 1 is 1.41 bits per heavy atom. The Hall–Kier alpha value is -0.870. The molecule has 2 unspecified atom stereocenters. The summed E-state index contributed by atoms with van der Waals surface area (Å²) in [7, 11) is 0. The highest BCUT2D eigenvalue weighted by Gasteiger charge is 2.34. The van der Waals surface area contributed by atoms with Crippen molar-refractivity contribution in [1.29, 1.82) is 0 Å². The number of hydrogen-bond acceptors (Lipinski definition) is 2. The third-order valence-electron chi connectivity index (χ3n) is 3.04. The van der Waals surface area contributed by atoms with Gasteiger partial charge in [0.05, 0.1) is 0 Å². The molecule has 5 heteroatoms. The highest BCUT2D eigenvalue weighted by Crippen LogP contribution is 2.36. The Kier molecular flexibility index (Phi) is 3.54. The maximum atomic E-state index is 11.6.